The Morgan fingerprint density at radius 3 is 2.61 bits per heavy atom. The molecule has 1 amide bonds. The molecule has 0 radical (unpaired) electrons. The molecule has 0 saturated carbocycles. The van der Waals surface area contributed by atoms with Crippen molar-refractivity contribution < 1.29 is 9.53 Å². The molecule has 0 unspecified atom stereocenters. The molecule has 2 aromatic heterocycles. The van der Waals surface area contributed by atoms with E-state index in [2.05, 4.69) is 23.9 Å². The lowest BCUT2D eigenvalue weighted by Crippen LogP contribution is -2.41. The van der Waals surface area contributed by atoms with Gasteiger partial charge in [-0.3, -0.25) is 4.79 Å². The summed E-state index contributed by atoms with van der Waals surface area (Å²) in [6, 6.07) is 2.08. The predicted molar refractivity (Wildman–Crippen MR) is 116 cm³/mol. The van der Waals surface area contributed by atoms with Crippen molar-refractivity contribution in [3.63, 3.8) is 0 Å². The van der Waals surface area contributed by atoms with E-state index in [0.29, 0.717) is 31.8 Å². The third kappa shape index (κ3) is 5.35. The van der Waals surface area contributed by atoms with E-state index in [4.69, 9.17) is 10.5 Å². The number of piperidine rings is 1. The van der Waals surface area contributed by atoms with Crippen molar-refractivity contribution >= 4 is 41.8 Å². The molecular formula is C19H31Cl2N5O2. The quantitative estimate of drug-likeness (QED) is 0.709. The van der Waals surface area contributed by atoms with E-state index in [-0.39, 0.29) is 42.9 Å². The van der Waals surface area contributed by atoms with Gasteiger partial charge in [0, 0.05) is 31.4 Å². The zero-order valence-electron chi connectivity index (χ0n) is 16.8. The van der Waals surface area contributed by atoms with Crippen molar-refractivity contribution in [3.05, 3.63) is 23.5 Å². The summed E-state index contributed by atoms with van der Waals surface area (Å²) in [5.74, 6) is 0.0595. The topological polar surface area (TPSA) is 86.3 Å². The van der Waals surface area contributed by atoms with Crippen molar-refractivity contribution in [2.24, 2.45) is 5.73 Å². The number of likely N-dealkylation sites (tertiary alicyclic amines) is 1. The Morgan fingerprint density at radius 2 is 2.00 bits per heavy atom. The van der Waals surface area contributed by atoms with Crippen LogP contribution in [-0.2, 0) is 4.74 Å². The van der Waals surface area contributed by atoms with Crippen LogP contribution in [0.3, 0.4) is 0 Å². The van der Waals surface area contributed by atoms with Gasteiger partial charge >= 0.3 is 0 Å². The summed E-state index contributed by atoms with van der Waals surface area (Å²) in [5, 5.41) is 5.26. The van der Waals surface area contributed by atoms with Gasteiger partial charge in [-0.15, -0.1) is 24.8 Å². The van der Waals surface area contributed by atoms with Crippen LogP contribution in [0.5, 0.6) is 0 Å². The Bertz CT molecular complexity index is 773. The number of hydrogen-bond donors (Lipinski definition) is 1. The van der Waals surface area contributed by atoms with Gasteiger partial charge in [-0.2, -0.15) is 5.10 Å². The number of fused-ring (bicyclic) bond motifs is 1. The van der Waals surface area contributed by atoms with Gasteiger partial charge in [0.25, 0.3) is 5.91 Å². The first-order chi connectivity index (χ1) is 12.5. The van der Waals surface area contributed by atoms with Gasteiger partial charge < -0.3 is 15.4 Å². The molecule has 2 aromatic rings. The standard InChI is InChI=1S/C19H29N5O2.2ClH/c1-13(2)24-18-17(12-21-24)16(11-14(3)22-18)19(25)23-8-5-15(6-9-23)26-10-4-7-20;;/h11-13,15H,4-10,20H2,1-3H3;2*1H. The van der Waals surface area contributed by atoms with Crippen LogP contribution in [0, 0.1) is 6.92 Å². The van der Waals surface area contributed by atoms with Gasteiger partial charge in [-0.25, -0.2) is 9.67 Å². The van der Waals surface area contributed by atoms with Crippen molar-refractivity contribution in [2.45, 2.75) is 52.2 Å². The Balaban J connectivity index is 0.00000196. The highest BCUT2D eigenvalue weighted by atomic mass is 35.5. The van der Waals surface area contributed by atoms with Gasteiger partial charge in [0.15, 0.2) is 5.65 Å². The van der Waals surface area contributed by atoms with Crippen molar-refractivity contribution in [2.75, 3.05) is 26.2 Å². The monoisotopic (exact) mass is 431 g/mol. The molecule has 3 rings (SSSR count). The molecule has 9 heteroatoms. The number of carbonyl (C=O) groups excluding carboxylic acids is 1. The van der Waals surface area contributed by atoms with E-state index in [1.165, 1.54) is 0 Å². The predicted octanol–water partition coefficient (Wildman–Crippen LogP) is 3.13. The number of hydrogen-bond acceptors (Lipinski definition) is 5. The van der Waals surface area contributed by atoms with E-state index in [1.807, 2.05) is 22.6 Å². The fourth-order valence-corrected chi connectivity index (χ4v) is 3.43. The summed E-state index contributed by atoms with van der Waals surface area (Å²) in [6.45, 7) is 8.83. The molecule has 0 atom stereocenters. The molecule has 2 N–H and O–H groups in total. The number of rotatable bonds is 6. The minimum atomic E-state index is 0. The largest absolute Gasteiger partial charge is 0.378 e. The lowest BCUT2D eigenvalue weighted by molar-refractivity contribution is 0.00849. The summed E-state index contributed by atoms with van der Waals surface area (Å²) in [4.78, 5) is 19.6. The number of pyridine rings is 1. The summed E-state index contributed by atoms with van der Waals surface area (Å²) in [6.07, 6.45) is 4.61. The molecule has 1 fully saturated rings. The maximum Gasteiger partial charge on any atom is 0.254 e. The van der Waals surface area contributed by atoms with Crippen LogP contribution in [0.4, 0.5) is 0 Å². The highest BCUT2D eigenvalue weighted by Gasteiger charge is 2.26. The van der Waals surface area contributed by atoms with E-state index >= 15 is 0 Å². The lowest BCUT2D eigenvalue weighted by Gasteiger charge is -2.32. The minimum absolute atomic E-state index is 0. The summed E-state index contributed by atoms with van der Waals surface area (Å²) in [5.41, 5.74) is 7.82. The number of nitrogens with zero attached hydrogens (tertiary/aromatic N) is 4. The third-order valence-electron chi connectivity index (χ3n) is 4.85. The Morgan fingerprint density at radius 1 is 1.32 bits per heavy atom. The maximum absolute atomic E-state index is 13.1. The molecule has 0 spiro atoms. The molecular weight excluding hydrogens is 401 g/mol. The number of amides is 1. The molecule has 1 saturated heterocycles. The molecule has 1 aliphatic heterocycles. The van der Waals surface area contributed by atoms with Crippen molar-refractivity contribution in [1.82, 2.24) is 19.7 Å². The first-order valence-corrected chi connectivity index (χ1v) is 9.47. The molecule has 0 aliphatic carbocycles. The molecule has 0 aromatic carbocycles. The third-order valence-corrected chi connectivity index (χ3v) is 4.85. The van der Waals surface area contributed by atoms with Crippen LogP contribution in [0.15, 0.2) is 12.3 Å². The summed E-state index contributed by atoms with van der Waals surface area (Å²) >= 11 is 0. The van der Waals surface area contributed by atoms with Crippen LogP contribution < -0.4 is 5.73 Å². The first-order valence-electron chi connectivity index (χ1n) is 9.47. The zero-order valence-corrected chi connectivity index (χ0v) is 18.4. The second-order valence-corrected chi connectivity index (χ2v) is 7.24. The van der Waals surface area contributed by atoms with E-state index in [9.17, 15) is 4.79 Å². The smallest absolute Gasteiger partial charge is 0.254 e. The Hall–Kier alpha value is -1.41. The highest BCUT2D eigenvalue weighted by molar-refractivity contribution is 6.05. The summed E-state index contributed by atoms with van der Waals surface area (Å²) in [7, 11) is 0. The number of carbonyl (C=O) groups is 1. The normalized spacial score (nSPS) is 14.8. The van der Waals surface area contributed by atoms with Gasteiger partial charge in [-0.1, -0.05) is 0 Å². The fourth-order valence-electron chi connectivity index (χ4n) is 3.43. The van der Waals surface area contributed by atoms with Crippen molar-refractivity contribution in [3.8, 4) is 0 Å². The molecule has 3 heterocycles. The van der Waals surface area contributed by atoms with E-state index < -0.39 is 0 Å². The number of halogens is 2. The van der Waals surface area contributed by atoms with Gasteiger partial charge in [0.1, 0.15) is 0 Å². The number of aryl methyl sites for hydroxylation is 1. The number of ether oxygens (including phenoxy) is 1. The van der Waals surface area contributed by atoms with Crippen LogP contribution in [0.2, 0.25) is 0 Å². The van der Waals surface area contributed by atoms with Crippen LogP contribution in [0.25, 0.3) is 11.0 Å². The first kappa shape index (κ1) is 24.6. The molecule has 7 nitrogen and oxygen atoms in total. The zero-order chi connectivity index (χ0) is 18.7. The molecule has 28 heavy (non-hydrogen) atoms. The fraction of sp³-hybridized carbons (Fsp3) is 0.632. The second kappa shape index (κ2) is 11.0. The van der Waals surface area contributed by atoms with Crippen LogP contribution in [0.1, 0.15) is 55.2 Å². The maximum atomic E-state index is 13.1. The average Bonchev–Trinajstić information content (AvgIpc) is 3.05. The van der Waals surface area contributed by atoms with E-state index in [0.717, 1.165) is 36.0 Å². The molecule has 1 aliphatic rings. The average molecular weight is 432 g/mol. The Kier molecular flexibility index (Phi) is 9.63. The van der Waals surface area contributed by atoms with Crippen LogP contribution in [-0.4, -0.2) is 57.9 Å². The van der Waals surface area contributed by atoms with Gasteiger partial charge in [-0.05, 0) is 52.6 Å². The van der Waals surface area contributed by atoms with E-state index in [1.54, 1.807) is 6.20 Å². The highest BCUT2D eigenvalue weighted by Crippen LogP contribution is 2.24. The molecule has 0 bridgehead atoms. The lowest BCUT2D eigenvalue weighted by atomic mass is 10.0. The summed E-state index contributed by atoms with van der Waals surface area (Å²) < 4.78 is 7.71. The number of nitrogens with two attached hydrogens (primary N) is 1. The minimum Gasteiger partial charge on any atom is -0.378 e. The molecule has 158 valence electrons. The SMILES string of the molecule is Cc1cc(C(=O)N2CCC(OCCCN)CC2)c2cnn(C(C)C)c2n1.Cl.Cl. The Labute approximate surface area is 178 Å². The van der Waals surface area contributed by atoms with Crippen LogP contribution >= 0.6 is 24.8 Å². The van der Waals surface area contributed by atoms with Gasteiger partial charge in [0.05, 0.1) is 23.3 Å². The second-order valence-electron chi connectivity index (χ2n) is 7.24. The van der Waals surface area contributed by atoms with Gasteiger partial charge in [0.2, 0.25) is 0 Å². The van der Waals surface area contributed by atoms with Crippen molar-refractivity contribution in [1.29, 1.82) is 0 Å². The number of aromatic nitrogens is 3.